The maximum atomic E-state index is 10.5. The van der Waals surface area contributed by atoms with Gasteiger partial charge in [-0.1, -0.05) is 23.2 Å². The van der Waals surface area contributed by atoms with E-state index in [0.29, 0.717) is 14.9 Å². The summed E-state index contributed by atoms with van der Waals surface area (Å²) < 4.78 is -0.515. The van der Waals surface area contributed by atoms with Gasteiger partial charge in [0.2, 0.25) is 0 Å². The molecule has 0 saturated heterocycles. The first-order valence-corrected chi connectivity index (χ1v) is 4.87. The standard InChI is InChI=1S/C7H3Cl3OS/c8-4-1-2-6(5(9)3-4)12-7(10)11/h1-3H. The SMILES string of the molecule is O=C(Cl)Sc1ccc(Cl)cc1Cl. The number of carbonyl (C=O) groups is 1. The summed E-state index contributed by atoms with van der Waals surface area (Å²) in [7, 11) is 0. The molecule has 1 nitrogen and oxygen atoms in total. The average molecular weight is 242 g/mol. The van der Waals surface area contributed by atoms with Crippen LogP contribution in [0.4, 0.5) is 4.79 Å². The normalized spacial score (nSPS) is 9.92. The van der Waals surface area contributed by atoms with Gasteiger partial charge in [0, 0.05) is 9.92 Å². The number of carbonyl (C=O) groups excluding carboxylic acids is 1. The van der Waals surface area contributed by atoms with Crippen LogP contribution in [-0.2, 0) is 0 Å². The van der Waals surface area contributed by atoms with E-state index in [1.165, 1.54) is 0 Å². The summed E-state index contributed by atoms with van der Waals surface area (Å²) in [5, 5.41) is 0.966. The second kappa shape index (κ2) is 4.38. The fourth-order valence-corrected chi connectivity index (χ4v) is 1.88. The molecule has 1 rings (SSSR count). The van der Waals surface area contributed by atoms with Crippen molar-refractivity contribution in [3.63, 3.8) is 0 Å². The van der Waals surface area contributed by atoms with E-state index in [0.717, 1.165) is 11.8 Å². The molecule has 5 heteroatoms. The van der Waals surface area contributed by atoms with Crippen LogP contribution in [0.25, 0.3) is 0 Å². The van der Waals surface area contributed by atoms with Gasteiger partial charge in [-0.2, -0.15) is 0 Å². The molecule has 0 fully saturated rings. The molecule has 1 aromatic carbocycles. The van der Waals surface area contributed by atoms with Gasteiger partial charge in [0.05, 0.1) is 5.02 Å². The van der Waals surface area contributed by atoms with Crippen molar-refractivity contribution in [3.8, 4) is 0 Å². The fraction of sp³-hybridized carbons (Fsp3) is 0. The van der Waals surface area contributed by atoms with Gasteiger partial charge in [-0.25, -0.2) is 0 Å². The minimum absolute atomic E-state index is 0.432. The van der Waals surface area contributed by atoms with Crippen molar-refractivity contribution in [1.29, 1.82) is 0 Å². The Balaban J connectivity index is 2.93. The molecule has 0 radical (unpaired) electrons. The predicted molar refractivity (Wildman–Crippen MR) is 53.6 cm³/mol. The van der Waals surface area contributed by atoms with Gasteiger partial charge in [-0.3, -0.25) is 4.79 Å². The van der Waals surface area contributed by atoms with E-state index in [1.807, 2.05) is 0 Å². The zero-order chi connectivity index (χ0) is 9.14. The van der Waals surface area contributed by atoms with Crippen LogP contribution in [0.1, 0.15) is 0 Å². The van der Waals surface area contributed by atoms with Crippen LogP contribution in [0.15, 0.2) is 23.1 Å². The molecule has 0 heterocycles. The van der Waals surface area contributed by atoms with Crippen molar-refractivity contribution in [2.24, 2.45) is 0 Å². The molecule has 0 amide bonds. The van der Waals surface area contributed by atoms with Gasteiger partial charge >= 0.3 is 0 Å². The number of halogens is 3. The first kappa shape index (κ1) is 10.2. The minimum Gasteiger partial charge on any atom is -0.268 e. The van der Waals surface area contributed by atoms with Gasteiger partial charge in [0.15, 0.2) is 0 Å². The second-order valence-corrected chi connectivity index (χ2v) is 4.34. The highest BCUT2D eigenvalue weighted by atomic mass is 35.5. The number of rotatable bonds is 1. The van der Waals surface area contributed by atoms with Crippen molar-refractivity contribution in [2.45, 2.75) is 4.90 Å². The molecule has 12 heavy (non-hydrogen) atoms. The summed E-state index contributed by atoms with van der Waals surface area (Å²) >= 11 is 17.4. The summed E-state index contributed by atoms with van der Waals surface area (Å²) in [6, 6.07) is 4.86. The molecule has 0 spiro atoms. The van der Waals surface area contributed by atoms with Crippen molar-refractivity contribution in [2.75, 3.05) is 0 Å². The fourth-order valence-electron chi connectivity index (χ4n) is 0.644. The molecule has 0 bridgehead atoms. The second-order valence-electron chi connectivity index (χ2n) is 1.91. The van der Waals surface area contributed by atoms with Crippen molar-refractivity contribution in [3.05, 3.63) is 28.2 Å². The van der Waals surface area contributed by atoms with E-state index >= 15 is 0 Å². The summed E-state index contributed by atoms with van der Waals surface area (Å²) in [5.74, 6) is 0. The molecular formula is C7H3Cl3OS. The van der Waals surface area contributed by atoms with Crippen LogP contribution in [0.2, 0.25) is 10.0 Å². The highest BCUT2D eigenvalue weighted by Crippen LogP contribution is 2.31. The Hall–Kier alpha value is 0.110. The number of thioether (sulfide) groups is 1. The van der Waals surface area contributed by atoms with Gasteiger partial charge < -0.3 is 0 Å². The molecule has 64 valence electrons. The lowest BCUT2D eigenvalue weighted by Gasteiger charge is -1.99. The Morgan fingerprint density at radius 2 is 2.00 bits per heavy atom. The summed E-state index contributed by atoms with van der Waals surface area (Å²) in [6.07, 6.45) is 0. The van der Waals surface area contributed by atoms with Crippen molar-refractivity contribution >= 4 is 51.1 Å². The quantitative estimate of drug-likeness (QED) is 0.534. The average Bonchev–Trinajstić information content (AvgIpc) is 1.94. The van der Waals surface area contributed by atoms with E-state index in [4.69, 9.17) is 34.8 Å². The van der Waals surface area contributed by atoms with E-state index in [9.17, 15) is 4.79 Å². The molecule has 0 N–H and O–H groups in total. The molecule has 0 atom stereocenters. The first-order valence-electron chi connectivity index (χ1n) is 2.92. The van der Waals surface area contributed by atoms with Crippen LogP contribution in [-0.4, -0.2) is 4.57 Å². The third kappa shape index (κ3) is 2.87. The van der Waals surface area contributed by atoms with Gasteiger partial charge in [0.25, 0.3) is 4.57 Å². The molecule has 0 aliphatic heterocycles. The molecule has 0 unspecified atom stereocenters. The molecule has 1 aromatic rings. The zero-order valence-corrected chi connectivity index (χ0v) is 8.77. The van der Waals surface area contributed by atoms with Crippen LogP contribution in [0.3, 0.4) is 0 Å². The Morgan fingerprint density at radius 3 is 2.50 bits per heavy atom. The lowest BCUT2D eigenvalue weighted by atomic mass is 10.4. The first-order chi connectivity index (χ1) is 5.59. The van der Waals surface area contributed by atoms with Gasteiger partial charge in [-0.05, 0) is 41.6 Å². The van der Waals surface area contributed by atoms with Crippen LogP contribution in [0, 0.1) is 0 Å². The Bertz CT molecular complexity index is 314. The van der Waals surface area contributed by atoms with E-state index in [-0.39, 0.29) is 0 Å². The predicted octanol–water partition coefficient (Wildman–Crippen LogP) is 4.44. The third-order valence-electron chi connectivity index (χ3n) is 1.08. The summed E-state index contributed by atoms with van der Waals surface area (Å²) in [6.45, 7) is 0. The minimum atomic E-state index is -0.515. The van der Waals surface area contributed by atoms with Crippen LogP contribution < -0.4 is 0 Å². The van der Waals surface area contributed by atoms with E-state index < -0.39 is 4.57 Å². The lowest BCUT2D eigenvalue weighted by molar-refractivity contribution is 0.276. The molecule has 0 aliphatic rings. The van der Waals surface area contributed by atoms with Crippen molar-refractivity contribution < 1.29 is 4.79 Å². The van der Waals surface area contributed by atoms with Crippen LogP contribution in [0.5, 0.6) is 0 Å². The number of hydrogen-bond acceptors (Lipinski definition) is 2. The highest BCUT2D eigenvalue weighted by Gasteiger charge is 2.05. The van der Waals surface area contributed by atoms with E-state index in [2.05, 4.69) is 0 Å². The lowest BCUT2D eigenvalue weighted by Crippen LogP contribution is -1.77. The summed E-state index contributed by atoms with van der Waals surface area (Å²) in [4.78, 5) is 11.1. The number of hydrogen-bond donors (Lipinski definition) is 0. The molecule has 0 aliphatic carbocycles. The van der Waals surface area contributed by atoms with E-state index in [1.54, 1.807) is 18.2 Å². The molecular weight excluding hydrogens is 239 g/mol. The van der Waals surface area contributed by atoms with Crippen LogP contribution >= 0.6 is 46.6 Å². The third-order valence-corrected chi connectivity index (χ3v) is 2.71. The maximum absolute atomic E-state index is 10.5. The molecule has 0 aromatic heterocycles. The van der Waals surface area contributed by atoms with Gasteiger partial charge in [0.1, 0.15) is 0 Å². The van der Waals surface area contributed by atoms with Gasteiger partial charge in [-0.15, -0.1) is 0 Å². The number of benzene rings is 1. The largest absolute Gasteiger partial charge is 0.284 e. The topological polar surface area (TPSA) is 17.1 Å². The smallest absolute Gasteiger partial charge is 0.268 e. The summed E-state index contributed by atoms with van der Waals surface area (Å²) in [5.41, 5.74) is 0. The molecule has 0 saturated carbocycles. The zero-order valence-electron chi connectivity index (χ0n) is 5.68. The highest BCUT2D eigenvalue weighted by molar-refractivity contribution is 8.16. The van der Waals surface area contributed by atoms with Crippen molar-refractivity contribution in [1.82, 2.24) is 0 Å². The monoisotopic (exact) mass is 240 g/mol. The Labute approximate surface area is 89.0 Å². The Kier molecular flexibility index (Phi) is 3.72. The maximum Gasteiger partial charge on any atom is 0.284 e. The Morgan fingerprint density at radius 1 is 1.33 bits per heavy atom.